The van der Waals surface area contributed by atoms with Crippen molar-refractivity contribution in [2.45, 2.75) is 19.8 Å². The number of nitrogens with zero attached hydrogens (tertiary/aromatic N) is 2. The van der Waals surface area contributed by atoms with Crippen molar-refractivity contribution in [3.63, 3.8) is 0 Å². The van der Waals surface area contributed by atoms with Crippen molar-refractivity contribution in [1.82, 2.24) is 4.98 Å². The number of benzene rings is 1. The third-order valence-corrected chi connectivity index (χ3v) is 3.73. The van der Waals surface area contributed by atoms with Gasteiger partial charge in [0, 0.05) is 13.6 Å². The zero-order valence-electron chi connectivity index (χ0n) is 12.8. The van der Waals surface area contributed by atoms with Crippen LogP contribution in [-0.2, 0) is 0 Å². The number of hydrogen-bond donors (Lipinski definition) is 1. The maximum atomic E-state index is 12.1. The molecule has 2 aromatic rings. The van der Waals surface area contributed by atoms with Crippen molar-refractivity contribution in [1.29, 1.82) is 0 Å². The van der Waals surface area contributed by atoms with Gasteiger partial charge in [-0.2, -0.15) is 0 Å². The standard InChI is InChI=1S/C17H20ClN3O/c1-3-4-11-21(2)13-9-10-16(19-12-13)20-17(22)14-7-5-6-8-15(14)18/h5-10,12H,3-4,11H2,1-2H3,(H,19,20,22). The minimum Gasteiger partial charge on any atom is -0.373 e. The Kier molecular flexibility index (Phi) is 5.78. The molecular weight excluding hydrogens is 298 g/mol. The lowest BCUT2D eigenvalue weighted by atomic mass is 10.2. The largest absolute Gasteiger partial charge is 0.373 e. The van der Waals surface area contributed by atoms with Gasteiger partial charge in [-0.1, -0.05) is 37.1 Å². The van der Waals surface area contributed by atoms with Crippen LogP contribution in [0.15, 0.2) is 42.6 Å². The van der Waals surface area contributed by atoms with Gasteiger partial charge >= 0.3 is 0 Å². The number of aromatic nitrogens is 1. The quantitative estimate of drug-likeness (QED) is 0.867. The van der Waals surface area contributed by atoms with Crippen molar-refractivity contribution in [3.05, 3.63) is 53.2 Å². The van der Waals surface area contributed by atoms with Crippen LogP contribution in [0.5, 0.6) is 0 Å². The number of nitrogens with one attached hydrogen (secondary N) is 1. The third-order valence-electron chi connectivity index (χ3n) is 3.40. The summed E-state index contributed by atoms with van der Waals surface area (Å²) in [5.74, 6) is 0.253. The highest BCUT2D eigenvalue weighted by Gasteiger charge is 2.10. The molecule has 0 saturated carbocycles. The summed E-state index contributed by atoms with van der Waals surface area (Å²) in [7, 11) is 2.04. The molecule has 1 aromatic carbocycles. The van der Waals surface area contributed by atoms with E-state index >= 15 is 0 Å². The lowest BCUT2D eigenvalue weighted by Crippen LogP contribution is -2.19. The summed E-state index contributed by atoms with van der Waals surface area (Å²) in [6.07, 6.45) is 4.06. The number of hydrogen-bond acceptors (Lipinski definition) is 3. The van der Waals surface area contributed by atoms with E-state index in [1.165, 1.54) is 0 Å². The molecule has 0 aliphatic heterocycles. The normalized spacial score (nSPS) is 10.3. The van der Waals surface area contributed by atoms with Crippen molar-refractivity contribution < 1.29 is 4.79 Å². The first-order chi connectivity index (χ1) is 10.6. The summed E-state index contributed by atoms with van der Waals surface area (Å²) in [5.41, 5.74) is 1.47. The molecule has 116 valence electrons. The van der Waals surface area contributed by atoms with Crippen molar-refractivity contribution >= 4 is 29.0 Å². The van der Waals surface area contributed by atoms with Crippen molar-refractivity contribution in [3.8, 4) is 0 Å². The van der Waals surface area contributed by atoms with Crippen LogP contribution >= 0.6 is 11.6 Å². The van der Waals surface area contributed by atoms with E-state index in [1.54, 1.807) is 36.5 Å². The molecule has 1 amide bonds. The molecule has 0 fully saturated rings. The van der Waals surface area contributed by atoms with Gasteiger partial charge in [0.15, 0.2) is 0 Å². The molecule has 1 aromatic heterocycles. The third kappa shape index (κ3) is 4.21. The fourth-order valence-electron chi connectivity index (χ4n) is 2.04. The summed E-state index contributed by atoms with van der Waals surface area (Å²) >= 11 is 6.01. The predicted molar refractivity (Wildman–Crippen MR) is 91.8 cm³/mol. The second kappa shape index (κ2) is 7.80. The smallest absolute Gasteiger partial charge is 0.258 e. The topological polar surface area (TPSA) is 45.2 Å². The molecule has 5 heteroatoms. The molecule has 2 rings (SSSR count). The van der Waals surface area contributed by atoms with Gasteiger partial charge in [0.1, 0.15) is 5.82 Å². The molecule has 22 heavy (non-hydrogen) atoms. The van der Waals surface area contributed by atoms with Crippen LogP contribution in [0.3, 0.4) is 0 Å². The Bertz CT molecular complexity index is 628. The summed E-state index contributed by atoms with van der Waals surface area (Å²) < 4.78 is 0. The first-order valence-corrected chi connectivity index (χ1v) is 7.72. The molecule has 0 saturated heterocycles. The molecule has 0 bridgehead atoms. The maximum Gasteiger partial charge on any atom is 0.258 e. The average molecular weight is 318 g/mol. The highest BCUT2D eigenvalue weighted by molar-refractivity contribution is 6.34. The van der Waals surface area contributed by atoms with Crippen LogP contribution in [0.25, 0.3) is 0 Å². The van der Waals surface area contributed by atoms with Crippen LogP contribution in [0.1, 0.15) is 30.1 Å². The summed E-state index contributed by atoms with van der Waals surface area (Å²) in [6, 6.07) is 10.7. The van der Waals surface area contributed by atoms with E-state index in [4.69, 9.17) is 11.6 Å². The van der Waals surface area contributed by atoms with E-state index in [1.807, 2.05) is 13.1 Å². The molecule has 0 spiro atoms. The molecular formula is C17H20ClN3O. The predicted octanol–water partition coefficient (Wildman–Crippen LogP) is 4.22. The van der Waals surface area contributed by atoms with Gasteiger partial charge in [-0.15, -0.1) is 0 Å². The van der Waals surface area contributed by atoms with Gasteiger partial charge < -0.3 is 10.2 Å². The van der Waals surface area contributed by atoms with Crippen LogP contribution in [0.4, 0.5) is 11.5 Å². The van der Waals surface area contributed by atoms with Crippen LogP contribution in [0.2, 0.25) is 5.02 Å². The zero-order chi connectivity index (χ0) is 15.9. The molecule has 4 nitrogen and oxygen atoms in total. The van der Waals surface area contributed by atoms with Gasteiger partial charge in [-0.05, 0) is 30.7 Å². The second-order valence-corrected chi connectivity index (χ2v) is 5.52. The SMILES string of the molecule is CCCCN(C)c1ccc(NC(=O)c2ccccc2Cl)nc1. The monoisotopic (exact) mass is 317 g/mol. The van der Waals surface area contributed by atoms with Gasteiger partial charge in [0.25, 0.3) is 5.91 Å². The zero-order valence-corrected chi connectivity index (χ0v) is 13.6. The van der Waals surface area contributed by atoms with Gasteiger partial charge in [0.05, 0.1) is 22.5 Å². The lowest BCUT2D eigenvalue weighted by Gasteiger charge is -2.18. The molecule has 0 aliphatic carbocycles. The summed E-state index contributed by atoms with van der Waals surface area (Å²) in [4.78, 5) is 18.6. The first kappa shape index (κ1) is 16.3. The number of carbonyl (C=O) groups excluding carboxylic acids is 1. The molecule has 1 heterocycles. The fourth-order valence-corrected chi connectivity index (χ4v) is 2.26. The molecule has 0 atom stereocenters. The van der Waals surface area contributed by atoms with Crippen molar-refractivity contribution in [2.75, 3.05) is 23.8 Å². The second-order valence-electron chi connectivity index (χ2n) is 5.11. The van der Waals surface area contributed by atoms with E-state index in [-0.39, 0.29) is 5.91 Å². The molecule has 1 N–H and O–H groups in total. The number of pyridine rings is 1. The van der Waals surface area contributed by atoms with E-state index in [0.717, 1.165) is 25.1 Å². The Morgan fingerprint density at radius 3 is 2.68 bits per heavy atom. The lowest BCUT2D eigenvalue weighted by molar-refractivity contribution is 0.102. The molecule has 0 aliphatic rings. The highest BCUT2D eigenvalue weighted by atomic mass is 35.5. The Morgan fingerprint density at radius 2 is 2.05 bits per heavy atom. The number of unbranched alkanes of at least 4 members (excludes halogenated alkanes) is 1. The van der Waals surface area contributed by atoms with Crippen LogP contribution in [0, 0.1) is 0 Å². The van der Waals surface area contributed by atoms with Crippen LogP contribution < -0.4 is 10.2 Å². The Morgan fingerprint density at radius 1 is 1.27 bits per heavy atom. The van der Waals surface area contributed by atoms with Crippen LogP contribution in [-0.4, -0.2) is 24.5 Å². The number of carbonyl (C=O) groups is 1. The first-order valence-electron chi connectivity index (χ1n) is 7.35. The van der Waals surface area contributed by atoms with Crippen molar-refractivity contribution in [2.24, 2.45) is 0 Å². The highest BCUT2D eigenvalue weighted by Crippen LogP contribution is 2.18. The Hall–Kier alpha value is -2.07. The van der Waals surface area contributed by atoms with E-state index in [2.05, 4.69) is 22.1 Å². The molecule has 0 unspecified atom stereocenters. The summed E-state index contributed by atoms with van der Waals surface area (Å²) in [6.45, 7) is 3.16. The minimum atomic E-state index is -0.259. The number of halogens is 1. The maximum absolute atomic E-state index is 12.1. The van der Waals surface area contributed by atoms with Gasteiger partial charge in [-0.3, -0.25) is 4.79 Å². The van der Waals surface area contributed by atoms with E-state index in [0.29, 0.717) is 16.4 Å². The molecule has 0 radical (unpaired) electrons. The Balaban J connectivity index is 2.02. The summed E-state index contributed by atoms with van der Waals surface area (Å²) in [5, 5.41) is 3.18. The van der Waals surface area contributed by atoms with Gasteiger partial charge in [0.2, 0.25) is 0 Å². The van der Waals surface area contributed by atoms with Gasteiger partial charge in [-0.25, -0.2) is 4.98 Å². The Labute approximate surface area is 136 Å². The average Bonchev–Trinajstić information content (AvgIpc) is 2.53. The number of anilines is 2. The minimum absolute atomic E-state index is 0.259. The number of rotatable bonds is 6. The van der Waals surface area contributed by atoms with E-state index < -0.39 is 0 Å². The number of amides is 1. The fraction of sp³-hybridized carbons (Fsp3) is 0.294. The van der Waals surface area contributed by atoms with E-state index in [9.17, 15) is 4.79 Å².